The summed E-state index contributed by atoms with van der Waals surface area (Å²) in [5.74, 6) is 1.05. The lowest BCUT2D eigenvalue weighted by Crippen LogP contribution is -2.13. The number of aliphatic hydroxyl groups is 1. The number of nitrogens with one attached hydrogen (secondary N) is 1. The second kappa shape index (κ2) is 8.77. The van der Waals surface area contributed by atoms with Crippen LogP contribution in [-0.2, 0) is 6.42 Å². The molecule has 0 unspecified atom stereocenters. The molecule has 0 aliphatic carbocycles. The molecule has 2 aromatic carbocycles. The summed E-state index contributed by atoms with van der Waals surface area (Å²) in [6.07, 6.45) is -0.0168. The molecular weight excluding hydrogens is 380 g/mol. The maximum Gasteiger partial charge on any atom is 0.269 e. The predicted molar refractivity (Wildman–Crippen MR) is 108 cm³/mol. The number of nitro groups is 1. The van der Waals surface area contributed by atoms with Crippen molar-refractivity contribution in [1.29, 1.82) is 0 Å². The number of nitro benzene ring substituents is 1. The van der Waals surface area contributed by atoms with E-state index in [2.05, 4.69) is 15.3 Å². The summed E-state index contributed by atoms with van der Waals surface area (Å²) in [5, 5.41) is 24.9. The number of aromatic nitrogens is 2. The normalized spacial score (nSPS) is 11.8. The van der Waals surface area contributed by atoms with Crippen molar-refractivity contribution < 1.29 is 10.0 Å². The molecule has 0 spiro atoms. The Morgan fingerprint density at radius 1 is 1.14 bits per heavy atom. The van der Waals surface area contributed by atoms with Crippen LogP contribution in [0.5, 0.6) is 0 Å². The summed E-state index contributed by atoms with van der Waals surface area (Å²) >= 11 is 5.87. The second-order valence-corrected chi connectivity index (χ2v) is 6.61. The van der Waals surface area contributed by atoms with Crippen LogP contribution in [0.15, 0.2) is 54.6 Å². The highest BCUT2D eigenvalue weighted by Crippen LogP contribution is 2.22. The first-order chi connectivity index (χ1) is 13.5. The zero-order valence-corrected chi connectivity index (χ0v) is 15.9. The van der Waals surface area contributed by atoms with Crippen LogP contribution in [0.25, 0.3) is 11.4 Å². The average molecular weight is 399 g/mol. The number of hydrogen-bond donors (Lipinski definition) is 2. The van der Waals surface area contributed by atoms with Crippen LogP contribution in [0.3, 0.4) is 0 Å². The van der Waals surface area contributed by atoms with Crippen LogP contribution in [-0.4, -0.2) is 26.5 Å². The number of nitrogens with zero attached hydrogens (tertiary/aromatic N) is 3. The minimum Gasteiger partial charge on any atom is -0.387 e. The van der Waals surface area contributed by atoms with Crippen LogP contribution >= 0.6 is 11.6 Å². The van der Waals surface area contributed by atoms with E-state index in [-0.39, 0.29) is 12.2 Å². The molecule has 0 bridgehead atoms. The van der Waals surface area contributed by atoms with Gasteiger partial charge >= 0.3 is 0 Å². The molecular formula is C20H19ClN4O3. The predicted octanol–water partition coefficient (Wildman–Crippen LogP) is 4.41. The average Bonchev–Trinajstić information content (AvgIpc) is 2.72. The van der Waals surface area contributed by atoms with E-state index in [0.29, 0.717) is 28.6 Å². The van der Waals surface area contributed by atoms with Crippen molar-refractivity contribution >= 4 is 23.1 Å². The van der Waals surface area contributed by atoms with Gasteiger partial charge in [-0.25, -0.2) is 9.97 Å². The standard InChI is InChI=1S/C20H19ClN4O3/c1-2-16-11-19(22-12-18(26)13-3-7-15(21)8-4-13)24-20(23-16)14-5-9-17(10-6-14)25(27)28/h3-11,18,26H,2,12H2,1H3,(H,22,23,24)/t18-/m0/s1. The van der Waals surface area contributed by atoms with Crippen LogP contribution in [0.1, 0.15) is 24.3 Å². The largest absolute Gasteiger partial charge is 0.387 e. The number of rotatable bonds is 7. The second-order valence-electron chi connectivity index (χ2n) is 6.17. The third kappa shape index (κ3) is 4.82. The minimum absolute atomic E-state index is 0.0137. The molecule has 3 aromatic rings. The smallest absolute Gasteiger partial charge is 0.269 e. The molecule has 0 saturated carbocycles. The first-order valence-corrected chi connectivity index (χ1v) is 9.14. The van der Waals surface area contributed by atoms with Crippen molar-refractivity contribution in [2.45, 2.75) is 19.4 Å². The van der Waals surface area contributed by atoms with E-state index in [0.717, 1.165) is 11.3 Å². The zero-order valence-electron chi connectivity index (χ0n) is 15.2. The van der Waals surface area contributed by atoms with Crippen molar-refractivity contribution in [3.8, 4) is 11.4 Å². The lowest BCUT2D eigenvalue weighted by Gasteiger charge is -2.14. The number of benzene rings is 2. The van der Waals surface area contributed by atoms with Gasteiger partial charge in [-0.15, -0.1) is 0 Å². The van der Waals surface area contributed by atoms with Crippen LogP contribution in [0.2, 0.25) is 5.02 Å². The quantitative estimate of drug-likeness (QED) is 0.451. The Balaban J connectivity index is 1.78. The van der Waals surface area contributed by atoms with Gasteiger partial charge in [0.25, 0.3) is 5.69 Å². The van der Waals surface area contributed by atoms with Crippen molar-refractivity contribution in [2.24, 2.45) is 0 Å². The number of non-ortho nitro benzene ring substituents is 1. The lowest BCUT2D eigenvalue weighted by atomic mass is 10.1. The van der Waals surface area contributed by atoms with E-state index in [1.807, 2.05) is 13.0 Å². The van der Waals surface area contributed by atoms with Gasteiger partial charge in [0.1, 0.15) is 5.82 Å². The summed E-state index contributed by atoms with van der Waals surface area (Å²) in [5.41, 5.74) is 2.27. The summed E-state index contributed by atoms with van der Waals surface area (Å²) in [4.78, 5) is 19.4. The van der Waals surface area contributed by atoms with Crippen molar-refractivity contribution in [3.05, 3.63) is 81.0 Å². The van der Waals surface area contributed by atoms with Gasteiger partial charge < -0.3 is 10.4 Å². The Hall–Kier alpha value is -3.03. The van der Waals surface area contributed by atoms with E-state index in [4.69, 9.17) is 11.6 Å². The van der Waals surface area contributed by atoms with Gasteiger partial charge in [-0.05, 0) is 36.2 Å². The van der Waals surface area contributed by atoms with Crippen molar-refractivity contribution in [1.82, 2.24) is 9.97 Å². The Morgan fingerprint density at radius 2 is 1.82 bits per heavy atom. The fraction of sp³-hybridized carbons (Fsp3) is 0.200. The molecule has 0 aliphatic heterocycles. The number of anilines is 1. The number of aryl methyl sites for hydroxylation is 1. The van der Waals surface area contributed by atoms with Gasteiger partial charge in [0.05, 0.1) is 11.0 Å². The molecule has 0 amide bonds. The summed E-state index contributed by atoms with van der Waals surface area (Å²) in [6, 6.07) is 14.9. The van der Waals surface area contributed by atoms with Gasteiger partial charge in [-0.3, -0.25) is 10.1 Å². The molecule has 7 nitrogen and oxygen atoms in total. The fourth-order valence-corrected chi connectivity index (χ4v) is 2.76. The number of aliphatic hydroxyl groups excluding tert-OH is 1. The number of hydrogen-bond acceptors (Lipinski definition) is 6. The molecule has 0 aliphatic rings. The van der Waals surface area contributed by atoms with Crippen LogP contribution in [0, 0.1) is 10.1 Å². The van der Waals surface area contributed by atoms with Crippen molar-refractivity contribution in [3.63, 3.8) is 0 Å². The third-order valence-corrected chi connectivity index (χ3v) is 4.46. The topological polar surface area (TPSA) is 101 Å². The Morgan fingerprint density at radius 3 is 2.43 bits per heavy atom. The van der Waals surface area contributed by atoms with Gasteiger partial charge in [-0.1, -0.05) is 30.7 Å². The minimum atomic E-state index is -0.722. The Bertz CT molecular complexity index is 962. The molecule has 0 saturated heterocycles. The van der Waals surface area contributed by atoms with E-state index in [9.17, 15) is 15.2 Å². The molecule has 1 heterocycles. The molecule has 1 atom stereocenters. The Kier molecular flexibility index (Phi) is 6.18. The van der Waals surface area contributed by atoms with Gasteiger partial charge in [0, 0.05) is 41.0 Å². The highest BCUT2D eigenvalue weighted by Gasteiger charge is 2.11. The summed E-state index contributed by atoms with van der Waals surface area (Å²) in [7, 11) is 0. The third-order valence-electron chi connectivity index (χ3n) is 4.21. The SMILES string of the molecule is CCc1cc(NC[C@H](O)c2ccc(Cl)cc2)nc(-c2ccc([N+](=O)[O-])cc2)n1. The van der Waals surface area contributed by atoms with E-state index in [1.165, 1.54) is 12.1 Å². The highest BCUT2D eigenvalue weighted by atomic mass is 35.5. The van der Waals surface area contributed by atoms with Crippen LogP contribution in [0.4, 0.5) is 11.5 Å². The summed E-state index contributed by atoms with van der Waals surface area (Å²) < 4.78 is 0. The molecule has 28 heavy (non-hydrogen) atoms. The van der Waals surface area contributed by atoms with Crippen molar-refractivity contribution in [2.75, 3.05) is 11.9 Å². The van der Waals surface area contributed by atoms with Gasteiger partial charge in [0.15, 0.2) is 5.82 Å². The number of halogens is 1. The van der Waals surface area contributed by atoms with E-state index >= 15 is 0 Å². The molecule has 0 fully saturated rings. The van der Waals surface area contributed by atoms with E-state index < -0.39 is 11.0 Å². The van der Waals surface area contributed by atoms with Gasteiger partial charge in [-0.2, -0.15) is 0 Å². The van der Waals surface area contributed by atoms with Gasteiger partial charge in [0.2, 0.25) is 0 Å². The molecule has 2 N–H and O–H groups in total. The molecule has 144 valence electrons. The maximum atomic E-state index is 10.8. The Labute approximate surface area is 167 Å². The summed E-state index contributed by atoms with van der Waals surface area (Å²) in [6.45, 7) is 2.25. The highest BCUT2D eigenvalue weighted by molar-refractivity contribution is 6.30. The zero-order chi connectivity index (χ0) is 20.1. The monoisotopic (exact) mass is 398 g/mol. The molecule has 8 heteroatoms. The molecule has 3 rings (SSSR count). The fourth-order valence-electron chi connectivity index (χ4n) is 2.63. The lowest BCUT2D eigenvalue weighted by molar-refractivity contribution is -0.384. The molecule has 0 radical (unpaired) electrons. The van der Waals surface area contributed by atoms with Crippen LogP contribution < -0.4 is 5.32 Å². The molecule has 1 aromatic heterocycles. The first kappa shape index (κ1) is 19.7. The first-order valence-electron chi connectivity index (χ1n) is 8.76. The maximum absolute atomic E-state index is 10.8. The van der Waals surface area contributed by atoms with E-state index in [1.54, 1.807) is 36.4 Å².